The highest BCUT2D eigenvalue weighted by Crippen LogP contribution is 2.24. The van der Waals surface area contributed by atoms with Crippen molar-refractivity contribution in [1.29, 1.82) is 0 Å². The molecular weight excluding hydrogens is 274 g/mol. The van der Waals surface area contributed by atoms with E-state index in [4.69, 9.17) is 0 Å². The first-order valence-electron chi connectivity index (χ1n) is 6.33. The molecule has 0 aliphatic heterocycles. The summed E-state index contributed by atoms with van der Waals surface area (Å²) in [5, 5.41) is 16.4. The molecule has 0 unspecified atom stereocenters. The van der Waals surface area contributed by atoms with Gasteiger partial charge in [0, 0.05) is 43.5 Å². The number of hydrogen-bond donors (Lipinski definition) is 3. The van der Waals surface area contributed by atoms with E-state index < -0.39 is 4.92 Å². The van der Waals surface area contributed by atoms with Crippen molar-refractivity contribution < 1.29 is 9.72 Å². The van der Waals surface area contributed by atoms with Crippen molar-refractivity contribution in [3.63, 3.8) is 0 Å². The number of hydrogen-bond acceptors (Lipinski definition) is 5. The molecule has 21 heavy (non-hydrogen) atoms. The van der Waals surface area contributed by atoms with Gasteiger partial charge in [0.15, 0.2) is 0 Å². The minimum absolute atomic E-state index is 0.126. The summed E-state index contributed by atoms with van der Waals surface area (Å²) in [7, 11) is 1.59. The summed E-state index contributed by atoms with van der Waals surface area (Å²) in [6, 6.07) is 4.32. The Kier molecular flexibility index (Phi) is 4.50. The molecule has 2 rings (SSSR count). The first kappa shape index (κ1) is 14.5. The first-order chi connectivity index (χ1) is 10.1. The van der Waals surface area contributed by atoms with Crippen LogP contribution in [0.5, 0.6) is 0 Å². The molecule has 110 valence electrons. The van der Waals surface area contributed by atoms with E-state index in [0.29, 0.717) is 18.7 Å². The number of carbonyl (C=O) groups excluding carboxylic acids is 1. The molecule has 8 heteroatoms. The molecule has 1 heterocycles. The molecule has 0 saturated heterocycles. The number of rotatable bonds is 6. The SMILES string of the molecule is CNc1ccc(C(=O)NCCc2cnc[nH]2)cc1[N+](=O)[O-]. The normalized spacial score (nSPS) is 10.1. The fourth-order valence-corrected chi connectivity index (χ4v) is 1.87. The van der Waals surface area contributed by atoms with E-state index in [-0.39, 0.29) is 17.2 Å². The van der Waals surface area contributed by atoms with Crippen molar-refractivity contribution in [2.45, 2.75) is 6.42 Å². The number of H-pyrrole nitrogens is 1. The van der Waals surface area contributed by atoms with E-state index in [1.165, 1.54) is 12.1 Å². The van der Waals surface area contributed by atoms with Gasteiger partial charge >= 0.3 is 0 Å². The fraction of sp³-hybridized carbons (Fsp3) is 0.231. The van der Waals surface area contributed by atoms with Gasteiger partial charge in [-0.3, -0.25) is 14.9 Å². The first-order valence-corrected chi connectivity index (χ1v) is 6.33. The smallest absolute Gasteiger partial charge is 0.293 e. The number of nitro benzene ring substituents is 1. The van der Waals surface area contributed by atoms with Gasteiger partial charge in [0.05, 0.1) is 11.3 Å². The maximum atomic E-state index is 12.0. The predicted octanol–water partition coefficient (Wildman–Crippen LogP) is 1.33. The summed E-state index contributed by atoms with van der Waals surface area (Å²) in [6.07, 6.45) is 3.86. The van der Waals surface area contributed by atoms with Gasteiger partial charge in [-0.15, -0.1) is 0 Å². The zero-order chi connectivity index (χ0) is 15.2. The van der Waals surface area contributed by atoms with Gasteiger partial charge < -0.3 is 15.6 Å². The average Bonchev–Trinajstić information content (AvgIpc) is 2.99. The number of nitrogens with one attached hydrogen (secondary N) is 3. The molecule has 0 atom stereocenters. The molecule has 1 aromatic heterocycles. The lowest BCUT2D eigenvalue weighted by molar-refractivity contribution is -0.384. The van der Waals surface area contributed by atoms with E-state index >= 15 is 0 Å². The van der Waals surface area contributed by atoms with Crippen molar-refractivity contribution in [2.24, 2.45) is 0 Å². The highest BCUT2D eigenvalue weighted by molar-refractivity contribution is 5.95. The molecular formula is C13H15N5O3. The van der Waals surface area contributed by atoms with E-state index in [0.717, 1.165) is 5.69 Å². The van der Waals surface area contributed by atoms with Crippen LogP contribution in [0.25, 0.3) is 0 Å². The quantitative estimate of drug-likeness (QED) is 0.548. The van der Waals surface area contributed by atoms with Crippen LogP contribution in [0.1, 0.15) is 16.1 Å². The Morgan fingerprint density at radius 2 is 2.29 bits per heavy atom. The Morgan fingerprint density at radius 1 is 1.48 bits per heavy atom. The molecule has 0 saturated carbocycles. The summed E-state index contributed by atoms with van der Waals surface area (Å²) in [5.74, 6) is -0.347. The second-order valence-electron chi connectivity index (χ2n) is 4.32. The molecule has 0 spiro atoms. The molecule has 0 radical (unpaired) electrons. The van der Waals surface area contributed by atoms with Crippen LogP contribution in [0, 0.1) is 10.1 Å². The topological polar surface area (TPSA) is 113 Å². The second kappa shape index (κ2) is 6.51. The lowest BCUT2D eigenvalue weighted by Crippen LogP contribution is -2.25. The number of nitrogens with zero attached hydrogens (tertiary/aromatic N) is 2. The summed E-state index contributed by atoms with van der Waals surface area (Å²) >= 11 is 0. The van der Waals surface area contributed by atoms with Crippen molar-refractivity contribution in [3.8, 4) is 0 Å². The van der Waals surface area contributed by atoms with Gasteiger partial charge in [0.2, 0.25) is 0 Å². The highest BCUT2D eigenvalue weighted by atomic mass is 16.6. The number of amides is 1. The Morgan fingerprint density at radius 3 is 2.90 bits per heavy atom. The predicted molar refractivity (Wildman–Crippen MR) is 77.3 cm³/mol. The standard InChI is InChI=1S/C13H15N5O3/c1-14-11-3-2-9(6-12(11)18(20)21)13(19)16-5-4-10-7-15-8-17-10/h2-3,6-8,14H,4-5H2,1H3,(H,15,17)(H,16,19). The minimum atomic E-state index is -0.521. The maximum Gasteiger partial charge on any atom is 0.293 e. The highest BCUT2D eigenvalue weighted by Gasteiger charge is 2.16. The van der Waals surface area contributed by atoms with Crippen LogP contribution in [0.15, 0.2) is 30.7 Å². The summed E-state index contributed by atoms with van der Waals surface area (Å²) in [4.78, 5) is 29.2. The Balaban J connectivity index is 2.01. The lowest BCUT2D eigenvalue weighted by Gasteiger charge is -2.06. The van der Waals surface area contributed by atoms with Gasteiger partial charge in [-0.25, -0.2) is 4.98 Å². The fourth-order valence-electron chi connectivity index (χ4n) is 1.87. The number of carbonyl (C=O) groups is 1. The largest absolute Gasteiger partial charge is 0.383 e. The van der Waals surface area contributed by atoms with E-state index in [1.807, 2.05) is 0 Å². The van der Waals surface area contributed by atoms with Crippen LogP contribution < -0.4 is 10.6 Å². The molecule has 0 fully saturated rings. The molecule has 8 nitrogen and oxygen atoms in total. The summed E-state index contributed by atoms with van der Waals surface area (Å²) < 4.78 is 0. The third-order valence-electron chi connectivity index (χ3n) is 2.96. The second-order valence-corrected chi connectivity index (χ2v) is 4.32. The number of imidazole rings is 1. The summed E-state index contributed by atoms with van der Waals surface area (Å²) in [5.41, 5.74) is 1.41. The molecule has 0 aliphatic rings. The van der Waals surface area contributed by atoms with Crippen molar-refractivity contribution in [2.75, 3.05) is 18.9 Å². The van der Waals surface area contributed by atoms with Crippen LogP contribution in [-0.2, 0) is 6.42 Å². The third kappa shape index (κ3) is 3.56. The van der Waals surface area contributed by atoms with Crippen LogP contribution in [0.2, 0.25) is 0 Å². The molecule has 1 amide bonds. The van der Waals surface area contributed by atoms with E-state index in [9.17, 15) is 14.9 Å². The van der Waals surface area contributed by atoms with Crippen LogP contribution in [0.3, 0.4) is 0 Å². The number of benzene rings is 1. The summed E-state index contributed by atoms with van der Waals surface area (Å²) in [6.45, 7) is 0.419. The van der Waals surface area contributed by atoms with Crippen LogP contribution in [0.4, 0.5) is 11.4 Å². The van der Waals surface area contributed by atoms with Crippen molar-refractivity contribution in [1.82, 2.24) is 15.3 Å². The number of aromatic amines is 1. The van der Waals surface area contributed by atoms with Gasteiger partial charge in [-0.05, 0) is 12.1 Å². The zero-order valence-electron chi connectivity index (χ0n) is 11.4. The lowest BCUT2D eigenvalue weighted by atomic mass is 10.1. The minimum Gasteiger partial charge on any atom is -0.383 e. The van der Waals surface area contributed by atoms with Crippen LogP contribution >= 0.6 is 0 Å². The van der Waals surface area contributed by atoms with Crippen LogP contribution in [-0.4, -0.2) is 34.4 Å². The molecule has 0 aliphatic carbocycles. The maximum absolute atomic E-state index is 12.0. The van der Waals surface area contributed by atoms with Gasteiger partial charge in [0.25, 0.3) is 11.6 Å². The number of anilines is 1. The monoisotopic (exact) mass is 289 g/mol. The molecule has 2 aromatic rings. The van der Waals surface area contributed by atoms with Gasteiger partial charge in [0.1, 0.15) is 5.69 Å². The zero-order valence-corrected chi connectivity index (χ0v) is 11.4. The third-order valence-corrected chi connectivity index (χ3v) is 2.96. The Labute approximate surface area is 120 Å². The van der Waals surface area contributed by atoms with E-state index in [1.54, 1.807) is 25.6 Å². The van der Waals surface area contributed by atoms with Crippen molar-refractivity contribution >= 4 is 17.3 Å². The Bertz CT molecular complexity index is 639. The molecule has 0 bridgehead atoms. The van der Waals surface area contributed by atoms with Crippen molar-refractivity contribution in [3.05, 3.63) is 52.1 Å². The van der Waals surface area contributed by atoms with E-state index in [2.05, 4.69) is 20.6 Å². The van der Waals surface area contributed by atoms with Gasteiger partial charge in [-0.1, -0.05) is 0 Å². The number of aromatic nitrogens is 2. The molecule has 3 N–H and O–H groups in total. The average molecular weight is 289 g/mol. The number of nitro groups is 1. The van der Waals surface area contributed by atoms with Gasteiger partial charge in [-0.2, -0.15) is 0 Å². The Hall–Kier alpha value is -2.90. The molecule has 1 aromatic carbocycles.